The first-order chi connectivity index (χ1) is 11.6. The molecule has 7 heteroatoms. The van der Waals surface area contributed by atoms with Crippen LogP contribution in [0.4, 0.5) is 5.69 Å². The Balaban J connectivity index is 1.54. The predicted octanol–water partition coefficient (Wildman–Crippen LogP) is 2.44. The number of carbonyl (C=O) groups excluding carboxylic acids is 1. The summed E-state index contributed by atoms with van der Waals surface area (Å²) in [7, 11) is 0. The minimum Gasteiger partial charge on any atom is -0.346 e. The number of hydrogen-bond donors (Lipinski definition) is 1. The van der Waals surface area contributed by atoms with Crippen LogP contribution in [-0.2, 0) is 9.47 Å². The Kier molecular flexibility index (Phi) is 4.83. The normalized spacial score (nSPS) is 20.3. The molecule has 0 spiro atoms. The number of carbonyl (C=O) groups is 1. The number of hydrogen-bond acceptors (Lipinski definition) is 5. The largest absolute Gasteiger partial charge is 0.346 e. The lowest BCUT2D eigenvalue weighted by Gasteiger charge is -2.30. The minimum absolute atomic E-state index is 0.0163. The lowest BCUT2D eigenvalue weighted by molar-refractivity contribution is -0.384. The van der Waals surface area contributed by atoms with E-state index in [1.165, 1.54) is 12.1 Å². The first-order valence-corrected chi connectivity index (χ1v) is 7.47. The molecule has 2 aromatic carbocycles. The summed E-state index contributed by atoms with van der Waals surface area (Å²) < 4.78 is 11.2. The van der Waals surface area contributed by atoms with E-state index in [1.807, 2.05) is 6.07 Å². The topological polar surface area (TPSA) is 90.7 Å². The molecular formula is C17H16N2O5. The van der Waals surface area contributed by atoms with Crippen molar-refractivity contribution in [1.29, 1.82) is 0 Å². The quantitative estimate of drug-likeness (QED) is 0.687. The summed E-state index contributed by atoms with van der Waals surface area (Å²) in [5, 5.41) is 13.5. The molecule has 1 fully saturated rings. The van der Waals surface area contributed by atoms with Crippen molar-refractivity contribution in [1.82, 2.24) is 5.32 Å². The molecule has 0 radical (unpaired) electrons. The van der Waals surface area contributed by atoms with Gasteiger partial charge in [-0.3, -0.25) is 14.9 Å². The highest BCUT2D eigenvalue weighted by Crippen LogP contribution is 2.24. The molecule has 24 heavy (non-hydrogen) atoms. The van der Waals surface area contributed by atoms with Crippen LogP contribution in [0.15, 0.2) is 54.6 Å². The zero-order valence-electron chi connectivity index (χ0n) is 12.8. The van der Waals surface area contributed by atoms with Gasteiger partial charge < -0.3 is 14.8 Å². The summed E-state index contributed by atoms with van der Waals surface area (Å²) in [6.07, 6.45) is -0.587. The Hall–Kier alpha value is -2.77. The fraction of sp³-hybridized carbons (Fsp3) is 0.235. The summed E-state index contributed by atoms with van der Waals surface area (Å²) in [6, 6.07) is 14.7. The summed E-state index contributed by atoms with van der Waals surface area (Å²) >= 11 is 0. The van der Waals surface area contributed by atoms with Gasteiger partial charge in [-0.15, -0.1) is 0 Å². The molecule has 1 aliphatic heterocycles. The van der Waals surface area contributed by atoms with Gasteiger partial charge in [0.1, 0.15) is 0 Å². The lowest BCUT2D eigenvalue weighted by Crippen LogP contribution is -2.45. The van der Waals surface area contributed by atoms with Gasteiger partial charge in [0.2, 0.25) is 0 Å². The third-order valence-electron chi connectivity index (χ3n) is 3.64. The maximum atomic E-state index is 12.1. The number of amides is 1. The van der Waals surface area contributed by atoms with Crippen LogP contribution < -0.4 is 5.32 Å². The fourth-order valence-corrected chi connectivity index (χ4v) is 2.39. The Bertz CT molecular complexity index is 710. The lowest BCUT2D eigenvalue weighted by atomic mass is 10.1. The molecule has 1 N–H and O–H groups in total. The van der Waals surface area contributed by atoms with Crippen molar-refractivity contribution in [2.24, 2.45) is 0 Å². The van der Waals surface area contributed by atoms with E-state index in [0.717, 1.165) is 0 Å². The smallest absolute Gasteiger partial charge is 0.269 e. The Morgan fingerprint density at radius 2 is 1.67 bits per heavy atom. The number of nitro groups is 1. The molecule has 1 aliphatic rings. The van der Waals surface area contributed by atoms with Gasteiger partial charge in [-0.25, -0.2) is 0 Å². The molecule has 7 nitrogen and oxygen atoms in total. The molecule has 3 rings (SSSR count). The first kappa shape index (κ1) is 16.1. The maximum Gasteiger partial charge on any atom is 0.269 e. The van der Waals surface area contributed by atoms with E-state index < -0.39 is 11.2 Å². The highest BCUT2D eigenvalue weighted by molar-refractivity contribution is 5.94. The van der Waals surface area contributed by atoms with Gasteiger partial charge in [-0.05, 0) is 24.3 Å². The zero-order valence-corrected chi connectivity index (χ0v) is 12.8. The monoisotopic (exact) mass is 328 g/mol. The van der Waals surface area contributed by atoms with Crippen LogP contribution in [-0.4, -0.2) is 30.1 Å². The maximum absolute atomic E-state index is 12.1. The Morgan fingerprint density at radius 3 is 2.25 bits per heavy atom. The van der Waals surface area contributed by atoms with E-state index in [9.17, 15) is 14.9 Å². The predicted molar refractivity (Wildman–Crippen MR) is 85.4 cm³/mol. The average molecular weight is 328 g/mol. The number of benzene rings is 2. The van der Waals surface area contributed by atoms with Crippen LogP contribution in [0.2, 0.25) is 0 Å². The Labute approximate surface area is 138 Å². The van der Waals surface area contributed by atoms with E-state index in [0.29, 0.717) is 24.3 Å². The summed E-state index contributed by atoms with van der Waals surface area (Å²) in [4.78, 5) is 22.3. The van der Waals surface area contributed by atoms with Crippen molar-refractivity contribution >= 4 is 11.6 Å². The molecule has 1 saturated heterocycles. The number of non-ortho nitro benzene ring substituents is 1. The molecule has 124 valence electrons. The number of ether oxygens (including phenoxy) is 2. The van der Waals surface area contributed by atoms with Gasteiger partial charge in [0.25, 0.3) is 11.6 Å². The van der Waals surface area contributed by atoms with E-state index in [2.05, 4.69) is 5.32 Å². The van der Waals surface area contributed by atoms with Gasteiger partial charge in [0.05, 0.1) is 24.2 Å². The summed E-state index contributed by atoms with van der Waals surface area (Å²) in [5.74, 6) is -0.179. The van der Waals surface area contributed by atoms with Crippen LogP contribution in [0.3, 0.4) is 0 Å². The van der Waals surface area contributed by atoms with Gasteiger partial charge in [-0.2, -0.15) is 0 Å². The van der Waals surface area contributed by atoms with Crippen LogP contribution in [0.1, 0.15) is 22.2 Å². The van der Waals surface area contributed by atoms with Crippen molar-refractivity contribution in [3.8, 4) is 0 Å². The summed E-state index contributed by atoms with van der Waals surface area (Å²) in [6.45, 7) is 0.612. The van der Waals surface area contributed by atoms with Crippen molar-refractivity contribution in [3.63, 3.8) is 0 Å². The molecule has 0 aromatic heterocycles. The molecule has 0 bridgehead atoms. The summed E-state index contributed by atoms with van der Waals surface area (Å²) in [5.41, 5.74) is 1.30. The van der Waals surface area contributed by atoms with E-state index in [4.69, 9.17) is 9.47 Å². The molecule has 0 aliphatic carbocycles. The van der Waals surface area contributed by atoms with Crippen LogP contribution in [0.25, 0.3) is 0 Å². The second-order valence-electron chi connectivity index (χ2n) is 5.38. The third kappa shape index (κ3) is 3.76. The molecule has 1 amide bonds. The van der Waals surface area contributed by atoms with Crippen molar-refractivity contribution < 1.29 is 19.2 Å². The molecule has 0 unspecified atom stereocenters. The van der Waals surface area contributed by atoms with Gasteiger partial charge >= 0.3 is 0 Å². The molecule has 0 saturated carbocycles. The third-order valence-corrected chi connectivity index (χ3v) is 3.64. The number of nitrogens with one attached hydrogen (secondary N) is 1. The van der Waals surface area contributed by atoms with Crippen molar-refractivity contribution in [3.05, 3.63) is 75.8 Å². The van der Waals surface area contributed by atoms with Crippen LogP contribution in [0, 0.1) is 10.1 Å². The number of rotatable bonds is 4. The molecular weight excluding hydrogens is 312 g/mol. The van der Waals surface area contributed by atoms with Crippen molar-refractivity contribution in [2.75, 3.05) is 13.2 Å². The van der Waals surface area contributed by atoms with E-state index in [-0.39, 0.29) is 17.6 Å². The molecule has 2 aromatic rings. The van der Waals surface area contributed by atoms with Gasteiger partial charge in [0, 0.05) is 23.3 Å². The minimum atomic E-state index is -0.587. The molecule has 0 atom stereocenters. The van der Waals surface area contributed by atoms with E-state index in [1.54, 1.807) is 36.4 Å². The van der Waals surface area contributed by atoms with Crippen molar-refractivity contribution in [2.45, 2.75) is 12.3 Å². The molecule has 1 heterocycles. The first-order valence-electron chi connectivity index (χ1n) is 7.47. The van der Waals surface area contributed by atoms with Gasteiger partial charge in [0.15, 0.2) is 6.29 Å². The van der Waals surface area contributed by atoms with Crippen LogP contribution in [0.5, 0.6) is 0 Å². The number of nitrogens with zero attached hydrogens (tertiary/aromatic N) is 1. The zero-order chi connectivity index (χ0) is 16.9. The SMILES string of the molecule is O=C(N[C@H]1CO[C@H](c2ccc([N+](=O)[O-])cc2)OC1)c1ccccc1. The average Bonchev–Trinajstić information content (AvgIpc) is 2.63. The standard InChI is InChI=1S/C17H16N2O5/c20-16(12-4-2-1-3-5-12)18-14-10-23-17(24-11-14)13-6-8-15(9-7-13)19(21)22/h1-9,14,17H,10-11H2,(H,18,20)/t14-,17-. The fourth-order valence-electron chi connectivity index (χ4n) is 2.39. The second-order valence-corrected chi connectivity index (χ2v) is 5.38. The van der Waals surface area contributed by atoms with Crippen LogP contribution >= 0.6 is 0 Å². The second kappa shape index (κ2) is 7.20. The Morgan fingerprint density at radius 1 is 1.04 bits per heavy atom. The van der Waals surface area contributed by atoms with E-state index >= 15 is 0 Å². The highest BCUT2D eigenvalue weighted by Gasteiger charge is 2.25. The number of nitro benzene ring substituents is 1. The highest BCUT2D eigenvalue weighted by atomic mass is 16.7. The van der Waals surface area contributed by atoms with Gasteiger partial charge in [-0.1, -0.05) is 18.2 Å².